The van der Waals surface area contributed by atoms with Crippen LogP contribution in [0.4, 0.5) is 5.69 Å². The van der Waals surface area contributed by atoms with Gasteiger partial charge in [-0.2, -0.15) is 0 Å². The molecule has 20 heavy (non-hydrogen) atoms. The van der Waals surface area contributed by atoms with E-state index in [4.69, 9.17) is 10.5 Å². The summed E-state index contributed by atoms with van der Waals surface area (Å²) in [6.07, 6.45) is 1.17. The minimum atomic E-state index is -0.0270. The molecule has 2 atom stereocenters. The van der Waals surface area contributed by atoms with E-state index in [1.165, 1.54) is 12.1 Å². The zero-order valence-corrected chi connectivity index (χ0v) is 13.1. The topological polar surface area (TPSA) is 41.7 Å². The van der Waals surface area contributed by atoms with Crippen LogP contribution in [0.5, 0.6) is 5.75 Å². The second kappa shape index (κ2) is 6.46. The third kappa shape index (κ3) is 2.91. The zero-order chi connectivity index (χ0) is 14.7. The van der Waals surface area contributed by atoms with Crippen LogP contribution in [0.25, 0.3) is 0 Å². The molecule has 1 aliphatic heterocycles. The van der Waals surface area contributed by atoms with Crippen molar-refractivity contribution >= 4 is 5.69 Å². The molecule has 0 radical (unpaired) electrons. The molecule has 0 amide bonds. The number of rotatable bonds is 4. The van der Waals surface area contributed by atoms with E-state index in [0.717, 1.165) is 30.9 Å². The van der Waals surface area contributed by atoms with Crippen LogP contribution in [0.3, 0.4) is 0 Å². The Kier molecular flexibility index (Phi) is 4.89. The quantitative estimate of drug-likeness (QED) is 0.916. The first-order chi connectivity index (χ1) is 9.58. The largest absolute Gasteiger partial charge is 0.496 e. The number of hydrogen-bond donors (Lipinski definition) is 1. The van der Waals surface area contributed by atoms with Gasteiger partial charge in [0.2, 0.25) is 0 Å². The van der Waals surface area contributed by atoms with Crippen LogP contribution >= 0.6 is 0 Å². The highest BCUT2D eigenvalue weighted by Gasteiger charge is 2.26. The average Bonchev–Trinajstić information content (AvgIpc) is 2.46. The van der Waals surface area contributed by atoms with Gasteiger partial charge in [0.25, 0.3) is 0 Å². The lowest BCUT2D eigenvalue weighted by atomic mass is 10.0. The molecule has 0 saturated carbocycles. The summed E-state index contributed by atoms with van der Waals surface area (Å²) < 4.78 is 5.50. The van der Waals surface area contributed by atoms with Gasteiger partial charge in [0.1, 0.15) is 5.75 Å². The number of hydrogen-bond acceptors (Lipinski definition) is 4. The Morgan fingerprint density at radius 2 is 2.15 bits per heavy atom. The second-order valence-electron chi connectivity index (χ2n) is 5.67. The Morgan fingerprint density at radius 1 is 1.40 bits per heavy atom. The summed E-state index contributed by atoms with van der Waals surface area (Å²) in [4.78, 5) is 4.90. The van der Waals surface area contributed by atoms with E-state index >= 15 is 0 Å². The number of piperazine rings is 1. The highest BCUT2D eigenvalue weighted by Crippen LogP contribution is 2.34. The molecule has 1 aromatic carbocycles. The maximum absolute atomic E-state index is 6.17. The standard InChI is InChI=1S/C16H27N3O/c1-5-13-11-19(10-9-18(13)3)14-7-6-8-15(20-4)16(14)12(2)17/h6-8,12-13H,5,9-11,17H2,1-4H3/t12-,13?/m1/s1. The summed E-state index contributed by atoms with van der Waals surface area (Å²) in [6, 6.07) is 6.80. The van der Waals surface area contributed by atoms with E-state index in [1.807, 2.05) is 13.0 Å². The van der Waals surface area contributed by atoms with Gasteiger partial charge in [-0.15, -0.1) is 0 Å². The van der Waals surface area contributed by atoms with Gasteiger partial charge in [-0.3, -0.25) is 4.90 Å². The molecule has 4 heteroatoms. The molecule has 0 bridgehead atoms. The van der Waals surface area contributed by atoms with E-state index < -0.39 is 0 Å². The first-order valence-electron chi connectivity index (χ1n) is 7.46. The van der Waals surface area contributed by atoms with Crippen LogP contribution in [0.2, 0.25) is 0 Å². The molecule has 2 rings (SSSR count). The van der Waals surface area contributed by atoms with Crippen molar-refractivity contribution in [2.75, 3.05) is 38.7 Å². The van der Waals surface area contributed by atoms with Crippen molar-refractivity contribution < 1.29 is 4.74 Å². The van der Waals surface area contributed by atoms with Crippen molar-refractivity contribution in [1.82, 2.24) is 4.90 Å². The number of nitrogens with two attached hydrogens (primary N) is 1. The molecular formula is C16H27N3O. The highest BCUT2D eigenvalue weighted by atomic mass is 16.5. The molecule has 1 fully saturated rings. The fourth-order valence-electron chi connectivity index (χ4n) is 3.05. The minimum absolute atomic E-state index is 0.0270. The Balaban J connectivity index is 2.32. The summed E-state index contributed by atoms with van der Waals surface area (Å²) in [5.41, 5.74) is 8.52. The van der Waals surface area contributed by atoms with Crippen LogP contribution in [0, 0.1) is 0 Å². The lowest BCUT2D eigenvalue weighted by Gasteiger charge is -2.41. The van der Waals surface area contributed by atoms with Gasteiger partial charge in [-0.1, -0.05) is 13.0 Å². The van der Waals surface area contributed by atoms with Crippen molar-refractivity contribution in [2.24, 2.45) is 5.73 Å². The first-order valence-corrected chi connectivity index (χ1v) is 7.46. The first kappa shape index (κ1) is 15.1. The Bertz CT molecular complexity index is 447. The second-order valence-corrected chi connectivity index (χ2v) is 5.67. The number of likely N-dealkylation sites (N-methyl/N-ethyl adjacent to an activating group) is 1. The van der Waals surface area contributed by atoms with E-state index in [1.54, 1.807) is 7.11 Å². The van der Waals surface area contributed by atoms with Crippen molar-refractivity contribution in [2.45, 2.75) is 32.4 Å². The Morgan fingerprint density at radius 3 is 2.75 bits per heavy atom. The summed E-state index contributed by atoms with van der Waals surface area (Å²) in [5.74, 6) is 0.893. The predicted molar refractivity (Wildman–Crippen MR) is 84.5 cm³/mol. The van der Waals surface area contributed by atoms with Gasteiger partial charge in [-0.05, 0) is 32.5 Å². The zero-order valence-electron chi connectivity index (χ0n) is 13.1. The maximum atomic E-state index is 6.17. The minimum Gasteiger partial charge on any atom is -0.496 e. The molecule has 0 spiro atoms. The van der Waals surface area contributed by atoms with Crippen molar-refractivity contribution in [3.63, 3.8) is 0 Å². The Hall–Kier alpha value is -1.26. The molecule has 112 valence electrons. The van der Waals surface area contributed by atoms with Gasteiger partial charge in [0.15, 0.2) is 0 Å². The molecule has 4 nitrogen and oxygen atoms in total. The monoisotopic (exact) mass is 277 g/mol. The SMILES string of the molecule is CCC1CN(c2cccc(OC)c2[C@@H](C)N)CCN1C. The molecule has 0 aliphatic carbocycles. The van der Waals surface area contributed by atoms with E-state index in [0.29, 0.717) is 6.04 Å². The molecule has 1 saturated heterocycles. The maximum Gasteiger partial charge on any atom is 0.125 e. The average molecular weight is 277 g/mol. The third-order valence-electron chi connectivity index (χ3n) is 4.31. The summed E-state index contributed by atoms with van der Waals surface area (Å²) >= 11 is 0. The van der Waals surface area contributed by atoms with E-state index in [2.05, 4.69) is 35.9 Å². The van der Waals surface area contributed by atoms with Crippen molar-refractivity contribution in [3.8, 4) is 5.75 Å². The fourth-order valence-corrected chi connectivity index (χ4v) is 3.05. The highest BCUT2D eigenvalue weighted by molar-refractivity contribution is 5.61. The molecular weight excluding hydrogens is 250 g/mol. The lowest BCUT2D eigenvalue weighted by molar-refractivity contribution is 0.213. The van der Waals surface area contributed by atoms with Gasteiger partial charge < -0.3 is 15.4 Å². The molecule has 1 aliphatic rings. The number of ether oxygens (including phenoxy) is 1. The Labute approximate surface area is 122 Å². The van der Waals surface area contributed by atoms with E-state index in [9.17, 15) is 0 Å². The summed E-state index contributed by atoms with van der Waals surface area (Å²) in [5, 5.41) is 0. The van der Waals surface area contributed by atoms with Crippen molar-refractivity contribution in [3.05, 3.63) is 23.8 Å². The van der Waals surface area contributed by atoms with Gasteiger partial charge >= 0.3 is 0 Å². The molecule has 1 unspecified atom stereocenters. The van der Waals surface area contributed by atoms with Crippen LogP contribution in [-0.4, -0.2) is 44.7 Å². The van der Waals surface area contributed by atoms with Crippen LogP contribution in [0.1, 0.15) is 31.9 Å². The third-order valence-corrected chi connectivity index (χ3v) is 4.31. The molecule has 0 aromatic heterocycles. The van der Waals surface area contributed by atoms with Crippen LogP contribution in [0.15, 0.2) is 18.2 Å². The predicted octanol–water partition coefficient (Wildman–Crippen LogP) is 2.25. The number of methoxy groups -OCH3 is 1. The fraction of sp³-hybridized carbons (Fsp3) is 0.625. The molecule has 1 aromatic rings. The van der Waals surface area contributed by atoms with Crippen LogP contribution in [-0.2, 0) is 0 Å². The van der Waals surface area contributed by atoms with Crippen molar-refractivity contribution in [1.29, 1.82) is 0 Å². The number of anilines is 1. The van der Waals surface area contributed by atoms with Gasteiger partial charge in [0.05, 0.1) is 7.11 Å². The summed E-state index contributed by atoms with van der Waals surface area (Å²) in [6.45, 7) is 7.46. The van der Waals surface area contributed by atoms with Gasteiger partial charge in [-0.25, -0.2) is 0 Å². The normalized spacial score (nSPS) is 21.9. The number of nitrogens with zero attached hydrogens (tertiary/aromatic N) is 2. The lowest BCUT2D eigenvalue weighted by Crippen LogP contribution is -2.51. The smallest absolute Gasteiger partial charge is 0.125 e. The van der Waals surface area contributed by atoms with E-state index in [-0.39, 0.29) is 6.04 Å². The number of benzene rings is 1. The molecule has 1 heterocycles. The summed E-state index contributed by atoms with van der Waals surface area (Å²) in [7, 11) is 3.92. The van der Waals surface area contributed by atoms with Crippen LogP contribution < -0.4 is 15.4 Å². The molecule has 2 N–H and O–H groups in total. The van der Waals surface area contributed by atoms with Gasteiger partial charge in [0, 0.05) is 43.0 Å².